The SMILES string of the molecule is O=C(NC1CCCN(c2ccc(C(F)(F)F)nc2)C1)C1CC1. The monoisotopic (exact) mass is 313 g/mol. The van der Waals surface area contributed by atoms with E-state index in [9.17, 15) is 18.0 Å². The van der Waals surface area contributed by atoms with Crippen molar-refractivity contribution in [1.29, 1.82) is 0 Å². The normalized spacial score (nSPS) is 22.5. The molecule has 22 heavy (non-hydrogen) atoms. The van der Waals surface area contributed by atoms with E-state index in [0.717, 1.165) is 38.3 Å². The van der Waals surface area contributed by atoms with E-state index in [1.54, 1.807) is 0 Å². The fourth-order valence-electron chi connectivity index (χ4n) is 2.73. The first-order valence-electron chi connectivity index (χ1n) is 7.52. The molecule has 3 rings (SSSR count). The topological polar surface area (TPSA) is 45.2 Å². The first kappa shape index (κ1) is 15.1. The Balaban J connectivity index is 1.62. The highest BCUT2D eigenvalue weighted by atomic mass is 19.4. The Kier molecular flexibility index (Phi) is 3.97. The molecule has 0 bridgehead atoms. The van der Waals surface area contributed by atoms with Crippen LogP contribution in [0.25, 0.3) is 0 Å². The molecule has 1 unspecified atom stereocenters. The zero-order chi connectivity index (χ0) is 15.7. The maximum absolute atomic E-state index is 12.5. The minimum Gasteiger partial charge on any atom is -0.368 e. The molecule has 1 atom stereocenters. The summed E-state index contributed by atoms with van der Waals surface area (Å²) in [7, 11) is 0. The number of nitrogens with zero attached hydrogens (tertiary/aromatic N) is 2. The van der Waals surface area contributed by atoms with Crippen LogP contribution < -0.4 is 10.2 Å². The molecular weight excluding hydrogens is 295 g/mol. The number of nitrogens with one attached hydrogen (secondary N) is 1. The van der Waals surface area contributed by atoms with E-state index in [1.165, 1.54) is 12.3 Å². The summed E-state index contributed by atoms with van der Waals surface area (Å²) in [6.07, 6.45) is 0.574. The number of hydrogen-bond donors (Lipinski definition) is 1. The number of alkyl halides is 3. The summed E-state index contributed by atoms with van der Waals surface area (Å²) in [5, 5.41) is 3.04. The van der Waals surface area contributed by atoms with Gasteiger partial charge in [-0.3, -0.25) is 4.79 Å². The molecule has 1 aromatic rings. The van der Waals surface area contributed by atoms with Gasteiger partial charge in [-0.1, -0.05) is 0 Å². The van der Waals surface area contributed by atoms with Crippen molar-refractivity contribution >= 4 is 11.6 Å². The van der Waals surface area contributed by atoms with Crippen LogP contribution in [0.5, 0.6) is 0 Å². The second-order valence-electron chi connectivity index (χ2n) is 5.97. The number of carbonyl (C=O) groups is 1. The summed E-state index contributed by atoms with van der Waals surface area (Å²) < 4.78 is 37.6. The minimum atomic E-state index is -4.42. The van der Waals surface area contributed by atoms with Crippen molar-refractivity contribution in [3.05, 3.63) is 24.0 Å². The number of piperidine rings is 1. The number of halogens is 3. The highest BCUT2D eigenvalue weighted by Gasteiger charge is 2.33. The average molecular weight is 313 g/mol. The maximum atomic E-state index is 12.5. The molecule has 1 saturated heterocycles. The van der Waals surface area contributed by atoms with Crippen molar-refractivity contribution in [3.63, 3.8) is 0 Å². The van der Waals surface area contributed by atoms with E-state index in [1.807, 2.05) is 4.90 Å². The van der Waals surface area contributed by atoms with Gasteiger partial charge in [-0.05, 0) is 37.8 Å². The Morgan fingerprint density at radius 1 is 1.27 bits per heavy atom. The summed E-state index contributed by atoms with van der Waals surface area (Å²) in [4.78, 5) is 17.3. The summed E-state index contributed by atoms with van der Waals surface area (Å²) in [6, 6.07) is 2.51. The lowest BCUT2D eigenvalue weighted by atomic mass is 10.0. The molecule has 2 heterocycles. The quantitative estimate of drug-likeness (QED) is 0.933. The van der Waals surface area contributed by atoms with Crippen molar-refractivity contribution in [2.45, 2.75) is 37.9 Å². The first-order chi connectivity index (χ1) is 10.4. The fourth-order valence-corrected chi connectivity index (χ4v) is 2.73. The third-order valence-electron chi connectivity index (χ3n) is 4.12. The van der Waals surface area contributed by atoms with E-state index in [2.05, 4.69) is 10.3 Å². The van der Waals surface area contributed by atoms with Crippen LogP contribution in [0.1, 0.15) is 31.4 Å². The van der Waals surface area contributed by atoms with Crippen molar-refractivity contribution in [1.82, 2.24) is 10.3 Å². The molecule has 1 N–H and O–H groups in total. The Morgan fingerprint density at radius 3 is 2.64 bits per heavy atom. The molecule has 2 aliphatic rings. The second kappa shape index (κ2) is 5.78. The fraction of sp³-hybridized carbons (Fsp3) is 0.600. The van der Waals surface area contributed by atoms with Gasteiger partial charge in [0.15, 0.2) is 0 Å². The maximum Gasteiger partial charge on any atom is 0.433 e. The van der Waals surface area contributed by atoms with Crippen LogP contribution in [0.4, 0.5) is 18.9 Å². The number of anilines is 1. The van der Waals surface area contributed by atoms with Gasteiger partial charge in [-0.15, -0.1) is 0 Å². The number of hydrogen-bond acceptors (Lipinski definition) is 3. The lowest BCUT2D eigenvalue weighted by Crippen LogP contribution is -2.48. The van der Waals surface area contributed by atoms with Gasteiger partial charge in [-0.25, -0.2) is 4.98 Å². The molecule has 1 saturated carbocycles. The third-order valence-corrected chi connectivity index (χ3v) is 4.12. The molecule has 0 radical (unpaired) electrons. The van der Waals surface area contributed by atoms with Crippen LogP contribution >= 0.6 is 0 Å². The van der Waals surface area contributed by atoms with Gasteiger partial charge in [0.2, 0.25) is 5.91 Å². The summed E-state index contributed by atoms with van der Waals surface area (Å²) in [5.41, 5.74) is -0.217. The lowest BCUT2D eigenvalue weighted by molar-refractivity contribution is -0.141. The van der Waals surface area contributed by atoms with Gasteiger partial charge < -0.3 is 10.2 Å². The summed E-state index contributed by atoms with van der Waals surface area (Å²) in [6.45, 7) is 1.38. The molecule has 7 heteroatoms. The average Bonchev–Trinajstić information content (AvgIpc) is 3.31. The van der Waals surface area contributed by atoms with Crippen molar-refractivity contribution < 1.29 is 18.0 Å². The molecule has 1 aromatic heterocycles. The zero-order valence-corrected chi connectivity index (χ0v) is 12.1. The second-order valence-corrected chi connectivity index (χ2v) is 5.97. The van der Waals surface area contributed by atoms with Crippen LogP contribution in [0.15, 0.2) is 18.3 Å². The van der Waals surface area contributed by atoms with Gasteiger partial charge in [0.05, 0.1) is 11.9 Å². The Labute approximate surface area is 126 Å². The number of pyridine rings is 1. The molecular formula is C15H18F3N3O. The van der Waals surface area contributed by atoms with Gasteiger partial charge in [0.25, 0.3) is 0 Å². The zero-order valence-electron chi connectivity index (χ0n) is 12.1. The smallest absolute Gasteiger partial charge is 0.368 e. The van der Waals surface area contributed by atoms with E-state index in [-0.39, 0.29) is 17.9 Å². The lowest BCUT2D eigenvalue weighted by Gasteiger charge is -2.34. The number of amides is 1. The molecule has 120 valence electrons. The number of rotatable bonds is 3. The Hall–Kier alpha value is -1.79. The van der Waals surface area contributed by atoms with Crippen LogP contribution in [-0.4, -0.2) is 30.0 Å². The van der Waals surface area contributed by atoms with Gasteiger partial charge in [0, 0.05) is 25.0 Å². The standard InChI is InChI=1S/C15H18F3N3O/c16-15(17,18)13-6-5-12(8-19-13)21-7-1-2-11(9-21)20-14(22)10-3-4-10/h5-6,8,10-11H,1-4,7,9H2,(H,20,22). The largest absolute Gasteiger partial charge is 0.433 e. The van der Waals surface area contributed by atoms with E-state index in [4.69, 9.17) is 0 Å². The molecule has 0 spiro atoms. The third kappa shape index (κ3) is 3.51. The molecule has 1 aliphatic heterocycles. The van der Waals surface area contributed by atoms with Crippen molar-refractivity contribution in [2.24, 2.45) is 5.92 Å². The highest BCUT2D eigenvalue weighted by molar-refractivity contribution is 5.81. The molecule has 4 nitrogen and oxygen atoms in total. The Morgan fingerprint density at radius 2 is 2.05 bits per heavy atom. The van der Waals surface area contributed by atoms with Gasteiger partial charge >= 0.3 is 6.18 Å². The number of aromatic nitrogens is 1. The van der Waals surface area contributed by atoms with Gasteiger partial charge in [0.1, 0.15) is 5.69 Å². The molecule has 0 aromatic carbocycles. The predicted molar refractivity (Wildman–Crippen MR) is 75.3 cm³/mol. The van der Waals surface area contributed by atoms with Crippen molar-refractivity contribution in [2.75, 3.05) is 18.0 Å². The van der Waals surface area contributed by atoms with Crippen molar-refractivity contribution in [3.8, 4) is 0 Å². The molecule has 1 amide bonds. The highest BCUT2D eigenvalue weighted by Crippen LogP contribution is 2.30. The predicted octanol–water partition coefficient (Wildman–Crippen LogP) is 2.60. The molecule has 1 aliphatic carbocycles. The summed E-state index contributed by atoms with van der Waals surface area (Å²) in [5.74, 6) is 0.278. The van der Waals surface area contributed by atoms with E-state index >= 15 is 0 Å². The van der Waals surface area contributed by atoms with Crippen LogP contribution in [0.3, 0.4) is 0 Å². The van der Waals surface area contributed by atoms with Crippen LogP contribution in [-0.2, 0) is 11.0 Å². The Bertz CT molecular complexity index is 540. The first-order valence-corrected chi connectivity index (χ1v) is 7.52. The minimum absolute atomic E-state index is 0.0594. The van der Waals surface area contributed by atoms with Gasteiger partial charge in [-0.2, -0.15) is 13.2 Å². The van der Waals surface area contributed by atoms with Crippen LogP contribution in [0.2, 0.25) is 0 Å². The number of carbonyl (C=O) groups excluding carboxylic acids is 1. The molecule has 2 fully saturated rings. The van der Waals surface area contributed by atoms with E-state index < -0.39 is 11.9 Å². The van der Waals surface area contributed by atoms with Crippen LogP contribution in [0, 0.1) is 5.92 Å². The summed E-state index contributed by atoms with van der Waals surface area (Å²) >= 11 is 0. The van der Waals surface area contributed by atoms with E-state index in [0.29, 0.717) is 12.2 Å².